The number of pyridine rings is 1. The molecular formula is C25H17N5OS2. The van der Waals surface area contributed by atoms with Gasteiger partial charge in [-0.25, -0.2) is 4.98 Å². The molecule has 0 atom stereocenters. The third-order valence-corrected chi connectivity index (χ3v) is 7.18. The average molecular weight is 468 g/mol. The molecule has 0 aliphatic rings. The first kappa shape index (κ1) is 20.7. The van der Waals surface area contributed by atoms with Crippen LogP contribution in [-0.4, -0.2) is 10.9 Å². The molecule has 0 saturated heterocycles. The van der Waals surface area contributed by atoms with Crippen molar-refractivity contribution >= 4 is 61.7 Å². The summed E-state index contributed by atoms with van der Waals surface area (Å²) < 4.78 is 0. The first-order valence-corrected chi connectivity index (χ1v) is 11.7. The molecule has 4 N–H and O–H groups in total. The molecule has 0 aliphatic carbocycles. The predicted octanol–water partition coefficient (Wildman–Crippen LogP) is 6.04. The smallest absolute Gasteiger partial charge is 0.275 e. The van der Waals surface area contributed by atoms with Gasteiger partial charge in [0.1, 0.15) is 27.2 Å². The second-order valence-electron chi connectivity index (χ2n) is 7.17. The van der Waals surface area contributed by atoms with Crippen molar-refractivity contribution in [2.75, 3.05) is 16.4 Å². The van der Waals surface area contributed by atoms with Gasteiger partial charge in [-0.15, -0.1) is 22.7 Å². The molecule has 0 fully saturated rings. The lowest BCUT2D eigenvalue weighted by molar-refractivity contribution is 0.100. The highest BCUT2D eigenvalue weighted by molar-refractivity contribution is 7.21. The summed E-state index contributed by atoms with van der Waals surface area (Å²) in [5, 5.41) is 12.3. The maximum Gasteiger partial charge on any atom is 0.275 e. The normalized spacial score (nSPS) is 10.8. The monoisotopic (exact) mass is 467 g/mol. The minimum absolute atomic E-state index is 0.122. The van der Waals surface area contributed by atoms with E-state index in [0.29, 0.717) is 37.7 Å². The van der Waals surface area contributed by atoms with Gasteiger partial charge in [0, 0.05) is 27.2 Å². The summed E-state index contributed by atoms with van der Waals surface area (Å²) in [6.45, 7) is 0. The fourth-order valence-corrected chi connectivity index (χ4v) is 5.57. The SMILES string of the molecule is N#Cc1c(N)nc2sc(C(=O)N(c3ccccc3)c3ccccc3)c(N)c2c1-c1cccs1. The van der Waals surface area contributed by atoms with Crippen LogP contribution in [0.5, 0.6) is 0 Å². The minimum atomic E-state index is -0.276. The molecule has 3 aromatic heterocycles. The number of para-hydroxylation sites is 2. The second kappa shape index (κ2) is 8.39. The van der Waals surface area contributed by atoms with Crippen LogP contribution in [0.3, 0.4) is 0 Å². The summed E-state index contributed by atoms with van der Waals surface area (Å²) in [6.07, 6.45) is 0. The molecule has 0 unspecified atom stereocenters. The molecule has 2 aromatic carbocycles. The van der Waals surface area contributed by atoms with Gasteiger partial charge in [0.05, 0.1) is 5.69 Å². The Balaban J connectivity index is 1.75. The molecule has 0 aliphatic heterocycles. The number of nitrogens with two attached hydrogens (primary N) is 2. The molecule has 0 saturated carbocycles. The standard InChI is InChI=1S/C25H17N5OS2/c26-14-17-19(18-12-7-13-32-18)20-21(27)22(33-24(20)29-23(17)28)25(31)30(15-8-3-1-4-9-15)16-10-5-2-6-11-16/h1-13H,27H2,(H2,28,29). The molecule has 5 aromatic rings. The van der Waals surface area contributed by atoms with Gasteiger partial charge in [-0.2, -0.15) is 5.26 Å². The summed E-state index contributed by atoms with van der Waals surface area (Å²) in [4.78, 5) is 21.7. The Morgan fingerprint density at radius 1 is 0.939 bits per heavy atom. The zero-order valence-electron chi connectivity index (χ0n) is 17.2. The van der Waals surface area contributed by atoms with E-state index in [4.69, 9.17) is 11.5 Å². The Kier molecular flexibility index (Phi) is 5.26. The molecular weight excluding hydrogens is 450 g/mol. The fraction of sp³-hybridized carbons (Fsp3) is 0. The van der Waals surface area contributed by atoms with E-state index in [0.717, 1.165) is 4.88 Å². The van der Waals surface area contributed by atoms with Gasteiger partial charge >= 0.3 is 0 Å². The van der Waals surface area contributed by atoms with E-state index in [1.165, 1.54) is 22.7 Å². The zero-order valence-corrected chi connectivity index (χ0v) is 18.9. The van der Waals surface area contributed by atoms with E-state index in [2.05, 4.69) is 11.1 Å². The van der Waals surface area contributed by atoms with E-state index >= 15 is 0 Å². The zero-order chi connectivity index (χ0) is 22.9. The van der Waals surface area contributed by atoms with Gasteiger partial charge in [0.2, 0.25) is 0 Å². The van der Waals surface area contributed by atoms with Crippen LogP contribution in [0.2, 0.25) is 0 Å². The number of rotatable bonds is 4. The lowest BCUT2D eigenvalue weighted by Crippen LogP contribution is -2.25. The molecule has 3 heterocycles. The number of amides is 1. The number of hydrogen-bond acceptors (Lipinski definition) is 7. The maximum absolute atomic E-state index is 13.9. The number of thiophene rings is 2. The number of anilines is 4. The molecule has 33 heavy (non-hydrogen) atoms. The highest BCUT2D eigenvalue weighted by Crippen LogP contribution is 2.44. The number of hydrogen-bond donors (Lipinski definition) is 2. The summed E-state index contributed by atoms with van der Waals surface area (Å²) in [5.41, 5.74) is 15.3. The number of fused-ring (bicyclic) bond motifs is 1. The lowest BCUT2D eigenvalue weighted by Gasteiger charge is -2.22. The van der Waals surface area contributed by atoms with Gasteiger partial charge < -0.3 is 11.5 Å². The van der Waals surface area contributed by atoms with Gasteiger partial charge in [0.15, 0.2) is 0 Å². The Morgan fingerprint density at radius 2 is 1.58 bits per heavy atom. The quantitative estimate of drug-likeness (QED) is 0.335. The molecule has 0 radical (unpaired) electrons. The number of nitrogen functional groups attached to an aromatic ring is 2. The summed E-state index contributed by atoms with van der Waals surface area (Å²) in [7, 11) is 0. The van der Waals surface area contributed by atoms with Crippen molar-refractivity contribution in [2.45, 2.75) is 0 Å². The minimum Gasteiger partial charge on any atom is -0.397 e. The van der Waals surface area contributed by atoms with Crippen LogP contribution in [-0.2, 0) is 0 Å². The van der Waals surface area contributed by atoms with Crippen molar-refractivity contribution in [3.05, 3.63) is 88.6 Å². The Labute approximate surface area is 198 Å². The highest BCUT2D eigenvalue weighted by atomic mass is 32.1. The second-order valence-corrected chi connectivity index (χ2v) is 9.12. The molecule has 160 valence electrons. The fourth-order valence-electron chi connectivity index (χ4n) is 3.75. The third kappa shape index (κ3) is 3.49. The van der Waals surface area contributed by atoms with Crippen molar-refractivity contribution in [3.8, 4) is 16.5 Å². The first-order chi connectivity index (χ1) is 16.1. The van der Waals surface area contributed by atoms with Gasteiger partial charge in [-0.3, -0.25) is 9.69 Å². The Morgan fingerprint density at radius 3 is 2.12 bits per heavy atom. The summed E-state index contributed by atoms with van der Waals surface area (Å²) in [5.74, 6) is -0.154. The van der Waals surface area contributed by atoms with Gasteiger partial charge in [-0.05, 0) is 35.7 Å². The van der Waals surface area contributed by atoms with Gasteiger partial charge in [-0.1, -0.05) is 42.5 Å². The van der Waals surface area contributed by atoms with E-state index in [-0.39, 0.29) is 17.3 Å². The van der Waals surface area contributed by atoms with Crippen LogP contribution in [0.25, 0.3) is 20.7 Å². The van der Waals surface area contributed by atoms with E-state index in [1.54, 1.807) is 4.90 Å². The molecule has 0 bridgehead atoms. The third-order valence-electron chi connectivity index (χ3n) is 5.21. The highest BCUT2D eigenvalue weighted by Gasteiger charge is 2.28. The summed E-state index contributed by atoms with van der Waals surface area (Å²) >= 11 is 2.66. The summed E-state index contributed by atoms with van der Waals surface area (Å²) in [6, 6.07) is 24.7. The van der Waals surface area contributed by atoms with Crippen molar-refractivity contribution in [2.24, 2.45) is 0 Å². The van der Waals surface area contributed by atoms with Crippen LogP contribution in [0.15, 0.2) is 78.2 Å². The van der Waals surface area contributed by atoms with Crippen molar-refractivity contribution in [1.29, 1.82) is 5.26 Å². The topological polar surface area (TPSA) is 109 Å². The number of aromatic nitrogens is 1. The van der Waals surface area contributed by atoms with Crippen LogP contribution >= 0.6 is 22.7 Å². The first-order valence-electron chi connectivity index (χ1n) is 10.00. The van der Waals surface area contributed by atoms with E-state index in [9.17, 15) is 10.1 Å². The van der Waals surface area contributed by atoms with Crippen LogP contribution in [0.1, 0.15) is 15.2 Å². The van der Waals surface area contributed by atoms with Crippen molar-refractivity contribution in [3.63, 3.8) is 0 Å². The molecule has 0 spiro atoms. The molecule has 5 rings (SSSR count). The number of benzene rings is 2. The van der Waals surface area contributed by atoms with Crippen LogP contribution in [0, 0.1) is 11.3 Å². The maximum atomic E-state index is 13.9. The predicted molar refractivity (Wildman–Crippen MR) is 136 cm³/mol. The Hall–Kier alpha value is -4.19. The number of nitrogens with zero attached hydrogens (tertiary/aromatic N) is 3. The molecule has 6 nitrogen and oxygen atoms in total. The number of carbonyl (C=O) groups is 1. The van der Waals surface area contributed by atoms with Crippen molar-refractivity contribution < 1.29 is 4.79 Å². The Bertz CT molecular complexity index is 1460. The molecule has 1 amide bonds. The van der Waals surface area contributed by atoms with E-state index in [1.807, 2.05) is 78.2 Å². The lowest BCUT2D eigenvalue weighted by atomic mass is 10.0. The van der Waals surface area contributed by atoms with Crippen molar-refractivity contribution in [1.82, 2.24) is 4.98 Å². The largest absolute Gasteiger partial charge is 0.397 e. The number of nitriles is 1. The van der Waals surface area contributed by atoms with Crippen LogP contribution in [0.4, 0.5) is 22.9 Å². The van der Waals surface area contributed by atoms with Gasteiger partial charge in [0.25, 0.3) is 5.91 Å². The van der Waals surface area contributed by atoms with E-state index < -0.39 is 0 Å². The number of carbonyl (C=O) groups excluding carboxylic acids is 1. The average Bonchev–Trinajstić information content (AvgIpc) is 3.48. The molecule has 8 heteroatoms. The van der Waals surface area contributed by atoms with Crippen LogP contribution < -0.4 is 16.4 Å².